The van der Waals surface area contributed by atoms with Gasteiger partial charge >= 0.3 is 11.9 Å². The van der Waals surface area contributed by atoms with E-state index in [2.05, 4.69) is 5.32 Å². The van der Waals surface area contributed by atoms with E-state index in [0.29, 0.717) is 0 Å². The Balaban J connectivity index is 3.57. The number of halogens is 2. The molecule has 6 nitrogen and oxygen atoms in total. The molecule has 0 amide bonds. The molecule has 0 fully saturated rings. The summed E-state index contributed by atoms with van der Waals surface area (Å²) in [6.45, 7) is 11.5. The van der Waals surface area contributed by atoms with Gasteiger partial charge in [0.15, 0.2) is 26.2 Å². The van der Waals surface area contributed by atoms with Crippen LogP contribution in [-0.2, 0) is 14.0 Å². The Morgan fingerprint density at radius 3 is 2.14 bits per heavy atom. The summed E-state index contributed by atoms with van der Waals surface area (Å²) in [6.07, 6.45) is -0.0525. The molecule has 0 bridgehead atoms. The van der Waals surface area contributed by atoms with Crippen molar-refractivity contribution in [1.82, 2.24) is 0 Å². The van der Waals surface area contributed by atoms with Crippen molar-refractivity contribution in [3.63, 3.8) is 0 Å². The number of carbonyl (C=O) groups is 2. The largest absolute Gasteiger partial charge is 0.477 e. The van der Waals surface area contributed by atoms with E-state index in [-0.39, 0.29) is 22.6 Å². The molecule has 0 saturated carbocycles. The van der Waals surface area contributed by atoms with E-state index in [9.17, 15) is 18.4 Å². The minimum absolute atomic E-state index is 0.0506. The molecule has 9 heteroatoms. The summed E-state index contributed by atoms with van der Waals surface area (Å²) in [5, 5.41) is 20.4. The first-order chi connectivity index (χ1) is 12.8. The quantitative estimate of drug-likeness (QED) is 0.255. The molecule has 0 aromatic heterocycles. The van der Waals surface area contributed by atoms with Crippen molar-refractivity contribution in [3.8, 4) is 0 Å². The number of rotatable bonds is 8. The van der Waals surface area contributed by atoms with E-state index in [1.165, 1.54) is 6.07 Å². The minimum Gasteiger partial charge on any atom is -0.477 e. The van der Waals surface area contributed by atoms with Crippen LogP contribution in [0.5, 0.6) is 0 Å². The summed E-state index contributed by atoms with van der Waals surface area (Å²) in [5.74, 6) is -5.71. The highest BCUT2D eigenvalue weighted by Gasteiger charge is 2.35. The third-order valence-corrected chi connectivity index (χ3v) is 5.33. The minimum atomic E-state index is -1.68. The van der Waals surface area contributed by atoms with E-state index < -0.39 is 44.3 Å². The molecule has 0 saturated heterocycles. The van der Waals surface area contributed by atoms with Crippen LogP contribution in [0.15, 0.2) is 23.9 Å². The molecule has 2 unspecified atom stereocenters. The van der Waals surface area contributed by atoms with E-state index in [1.54, 1.807) is 0 Å². The van der Waals surface area contributed by atoms with Crippen molar-refractivity contribution >= 4 is 26.7 Å². The van der Waals surface area contributed by atoms with Gasteiger partial charge in [-0.1, -0.05) is 27.7 Å². The van der Waals surface area contributed by atoms with E-state index in [1.807, 2.05) is 40.8 Å². The normalized spacial score (nSPS) is 13.8. The Morgan fingerprint density at radius 2 is 1.71 bits per heavy atom. The summed E-state index contributed by atoms with van der Waals surface area (Å²) in [7, 11) is -1.68. The fourth-order valence-electron chi connectivity index (χ4n) is 2.52. The third-order valence-electron chi connectivity index (χ3n) is 4.49. The Labute approximate surface area is 164 Å². The predicted molar refractivity (Wildman–Crippen MR) is 105 cm³/mol. The molecule has 1 aromatic rings. The van der Waals surface area contributed by atoms with Gasteiger partial charge in [0.25, 0.3) is 0 Å². The number of hydrogen-bond donors (Lipinski definition) is 3. The first kappa shape index (κ1) is 23.8. The number of carboxylic acid groups (broad SMARTS) is 2. The van der Waals surface area contributed by atoms with Crippen LogP contribution in [-0.4, -0.2) is 31.2 Å². The molecule has 1 rings (SSSR count). The zero-order valence-corrected chi connectivity index (χ0v) is 18.0. The monoisotopic (exact) mass is 415 g/mol. The van der Waals surface area contributed by atoms with Crippen LogP contribution >= 0.6 is 0 Å². The van der Waals surface area contributed by atoms with E-state index in [0.717, 1.165) is 12.3 Å². The van der Waals surface area contributed by atoms with Gasteiger partial charge in [0.05, 0.1) is 6.10 Å². The molecule has 156 valence electrons. The van der Waals surface area contributed by atoms with Gasteiger partial charge in [0.1, 0.15) is 0 Å². The molecule has 1 aromatic carbocycles. The molecule has 0 radical (unpaired) electrons. The van der Waals surface area contributed by atoms with E-state index >= 15 is 0 Å². The predicted octanol–water partition coefficient (Wildman–Crippen LogP) is 4.15. The highest BCUT2D eigenvalue weighted by Crippen LogP contribution is 2.42. The van der Waals surface area contributed by atoms with Crippen molar-refractivity contribution in [2.24, 2.45) is 11.3 Å². The molecule has 0 aliphatic heterocycles. The number of anilines is 1. The van der Waals surface area contributed by atoms with Gasteiger partial charge in [-0.3, -0.25) is 0 Å². The smallest absolute Gasteiger partial charge is 0.344 e. The SMILES string of the molecule is CC(C(O[SiH](C)C)c1c(NC=C(C(=O)O)C(=O)O)ccc(F)c1F)C(C)(C)C. The van der Waals surface area contributed by atoms with Crippen LogP contribution in [0.1, 0.15) is 39.4 Å². The van der Waals surface area contributed by atoms with E-state index in [4.69, 9.17) is 14.6 Å². The molecule has 3 N–H and O–H groups in total. The van der Waals surface area contributed by atoms with Crippen molar-refractivity contribution in [2.75, 3.05) is 5.32 Å². The summed E-state index contributed by atoms with van der Waals surface area (Å²) >= 11 is 0. The van der Waals surface area contributed by atoms with Gasteiger partial charge in [0, 0.05) is 17.5 Å². The molecule has 2 atom stereocenters. The Kier molecular flexibility index (Phi) is 7.89. The Morgan fingerprint density at radius 1 is 1.18 bits per heavy atom. The second-order valence-electron chi connectivity index (χ2n) is 7.90. The second kappa shape index (κ2) is 9.29. The van der Waals surface area contributed by atoms with Crippen LogP contribution in [0.2, 0.25) is 13.1 Å². The summed E-state index contributed by atoms with van der Waals surface area (Å²) in [4.78, 5) is 22.1. The number of carboxylic acids is 2. The number of benzene rings is 1. The summed E-state index contributed by atoms with van der Waals surface area (Å²) < 4.78 is 34.9. The van der Waals surface area contributed by atoms with Crippen LogP contribution in [0, 0.1) is 23.0 Å². The second-order valence-corrected chi connectivity index (χ2v) is 10.3. The van der Waals surface area contributed by atoms with Crippen LogP contribution in [0.25, 0.3) is 0 Å². The molecule has 28 heavy (non-hydrogen) atoms. The molecule has 0 heterocycles. The summed E-state index contributed by atoms with van der Waals surface area (Å²) in [6, 6.07) is 2.13. The van der Waals surface area contributed by atoms with Crippen molar-refractivity contribution in [1.29, 1.82) is 0 Å². The standard InChI is InChI=1S/C19H27F2NO5Si/c1-10(19(2,3)4)16(27-28(5)6)14-13(8-7-12(20)15(14)21)22-9-11(17(23)24)18(25)26/h7-10,16,22,28H,1-6H3,(H,23,24)(H,25,26). The topological polar surface area (TPSA) is 95.9 Å². The highest BCUT2D eigenvalue weighted by atomic mass is 28.3. The van der Waals surface area contributed by atoms with Gasteiger partial charge in [-0.25, -0.2) is 18.4 Å². The van der Waals surface area contributed by atoms with Crippen molar-refractivity contribution < 1.29 is 33.0 Å². The average Bonchev–Trinajstić information content (AvgIpc) is 2.54. The van der Waals surface area contributed by atoms with Gasteiger partial charge in [-0.15, -0.1) is 0 Å². The lowest BCUT2D eigenvalue weighted by atomic mass is 9.76. The summed E-state index contributed by atoms with van der Waals surface area (Å²) in [5.41, 5.74) is -1.27. The maximum Gasteiger partial charge on any atom is 0.344 e. The Hall–Kier alpha value is -2.26. The average molecular weight is 416 g/mol. The van der Waals surface area contributed by atoms with Gasteiger partial charge in [-0.2, -0.15) is 0 Å². The fourth-order valence-corrected chi connectivity index (χ4v) is 3.48. The number of hydrogen-bond acceptors (Lipinski definition) is 4. The van der Waals surface area contributed by atoms with Crippen molar-refractivity contribution in [2.45, 2.75) is 46.9 Å². The molecule has 0 aliphatic rings. The van der Waals surface area contributed by atoms with Gasteiger partial charge < -0.3 is 20.0 Å². The lowest BCUT2D eigenvalue weighted by Crippen LogP contribution is -2.30. The van der Waals surface area contributed by atoms with Crippen LogP contribution in [0.3, 0.4) is 0 Å². The zero-order chi connectivity index (χ0) is 21.8. The molecule has 0 aliphatic carbocycles. The molecular weight excluding hydrogens is 388 g/mol. The lowest BCUT2D eigenvalue weighted by molar-refractivity contribution is -0.140. The maximum atomic E-state index is 14.8. The van der Waals surface area contributed by atoms with Crippen molar-refractivity contribution in [3.05, 3.63) is 41.1 Å². The third kappa shape index (κ3) is 5.87. The Bertz CT molecular complexity index is 758. The zero-order valence-electron chi connectivity index (χ0n) is 16.8. The highest BCUT2D eigenvalue weighted by molar-refractivity contribution is 6.48. The first-order valence-electron chi connectivity index (χ1n) is 8.84. The van der Waals surface area contributed by atoms with Crippen LogP contribution < -0.4 is 5.32 Å². The lowest BCUT2D eigenvalue weighted by Gasteiger charge is -2.36. The van der Waals surface area contributed by atoms with Crippen LogP contribution in [0.4, 0.5) is 14.5 Å². The maximum absolute atomic E-state index is 14.8. The van der Waals surface area contributed by atoms with Gasteiger partial charge in [0.2, 0.25) is 0 Å². The number of nitrogens with one attached hydrogen (secondary N) is 1. The first-order valence-corrected chi connectivity index (χ1v) is 11.6. The van der Waals surface area contributed by atoms with Gasteiger partial charge in [-0.05, 0) is 36.6 Å². The molecular formula is C19H27F2NO5Si. The fraction of sp³-hybridized carbons (Fsp3) is 0.474. The molecule has 0 spiro atoms. The number of aliphatic carboxylic acids is 2.